The highest BCUT2D eigenvalue weighted by molar-refractivity contribution is 7.99. The molecule has 0 bridgehead atoms. The number of hydrogen-bond acceptors (Lipinski definition) is 6. The van der Waals surface area contributed by atoms with Gasteiger partial charge < -0.3 is 15.6 Å². The van der Waals surface area contributed by atoms with Gasteiger partial charge in [0.05, 0.1) is 5.75 Å². The van der Waals surface area contributed by atoms with Crippen LogP contribution in [0.1, 0.15) is 12.8 Å². The molecule has 3 N–H and O–H groups in total. The molecule has 1 fully saturated rings. The Kier molecular flexibility index (Phi) is 4.43. The van der Waals surface area contributed by atoms with E-state index in [1.807, 2.05) is 0 Å². The molecular weight excluding hydrogens is 256 g/mol. The number of carboxylic acids is 1. The van der Waals surface area contributed by atoms with Gasteiger partial charge in [0.1, 0.15) is 0 Å². The van der Waals surface area contributed by atoms with Crippen molar-refractivity contribution >= 4 is 23.7 Å². The van der Waals surface area contributed by atoms with Crippen LogP contribution in [-0.2, 0) is 16.1 Å². The smallest absolute Gasteiger partial charge is 0.313 e. The number of carboxylic acid groups (broad SMARTS) is 1. The van der Waals surface area contributed by atoms with Crippen molar-refractivity contribution in [2.24, 2.45) is 5.92 Å². The van der Waals surface area contributed by atoms with Crippen LogP contribution in [-0.4, -0.2) is 44.8 Å². The summed E-state index contributed by atoms with van der Waals surface area (Å²) in [4.78, 5) is 10.6. The lowest BCUT2D eigenvalue weighted by molar-refractivity contribution is -0.133. The van der Waals surface area contributed by atoms with E-state index in [0.29, 0.717) is 17.0 Å². The molecule has 0 spiro atoms. The molecule has 0 aromatic carbocycles. The molecule has 0 saturated carbocycles. The number of ether oxygens (including phenoxy) is 1. The maximum Gasteiger partial charge on any atom is 0.313 e. The van der Waals surface area contributed by atoms with Gasteiger partial charge >= 0.3 is 5.97 Å². The van der Waals surface area contributed by atoms with Crippen molar-refractivity contribution < 1.29 is 14.6 Å². The average Bonchev–Trinajstić information content (AvgIpc) is 2.70. The number of rotatable bonds is 5. The first kappa shape index (κ1) is 13.2. The Morgan fingerprint density at radius 2 is 2.22 bits per heavy atom. The largest absolute Gasteiger partial charge is 0.481 e. The molecule has 7 nitrogen and oxygen atoms in total. The molecule has 1 aliphatic rings. The minimum absolute atomic E-state index is 0.0358. The maximum absolute atomic E-state index is 10.6. The second-order valence-corrected chi connectivity index (χ2v) is 5.13. The van der Waals surface area contributed by atoms with Crippen LogP contribution in [0.5, 0.6) is 0 Å². The highest BCUT2D eigenvalue weighted by Gasteiger charge is 2.19. The van der Waals surface area contributed by atoms with Gasteiger partial charge in [0.15, 0.2) is 5.16 Å². The van der Waals surface area contributed by atoms with Crippen LogP contribution < -0.4 is 5.73 Å². The summed E-state index contributed by atoms with van der Waals surface area (Å²) >= 11 is 1.14. The number of hydrogen-bond donors (Lipinski definition) is 2. The highest BCUT2D eigenvalue weighted by atomic mass is 32.2. The first-order valence-corrected chi connectivity index (χ1v) is 6.76. The van der Waals surface area contributed by atoms with Crippen LogP contribution in [0.25, 0.3) is 0 Å². The average molecular weight is 272 g/mol. The van der Waals surface area contributed by atoms with Crippen LogP contribution in [0, 0.1) is 5.92 Å². The molecular formula is C10H16N4O3S. The Labute approximate surface area is 109 Å². The third-order valence-corrected chi connectivity index (χ3v) is 3.80. The lowest BCUT2D eigenvalue weighted by Gasteiger charge is -2.22. The summed E-state index contributed by atoms with van der Waals surface area (Å²) in [6, 6.07) is 0. The second kappa shape index (κ2) is 6.05. The summed E-state index contributed by atoms with van der Waals surface area (Å²) in [7, 11) is 0. The van der Waals surface area contributed by atoms with E-state index in [9.17, 15) is 4.79 Å². The predicted molar refractivity (Wildman–Crippen MR) is 66.3 cm³/mol. The van der Waals surface area contributed by atoms with E-state index < -0.39 is 5.97 Å². The van der Waals surface area contributed by atoms with Crippen molar-refractivity contribution in [2.75, 3.05) is 24.7 Å². The summed E-state index contributed by atoms with van der Waals surface area (Å²) in [6.07, 6.45) is 1.97. The second-order valence-electron chi connectivity index (χ2n) is 4.19. The molecule has 1 aliphatic heterocycles. The van der Waals surface area contributed by atoms with Crippen LogP contribution in [0.15, 0.2) is 5.16 Å². The van der Waals surface area contributed by atoms with Gasteiger partial charge in [-0.1, -0.05) is 11.8 Å². The monoisotopic (exact) mass is 272 g/mol. The molecule has 0 unspecified atom stereocenters. The van der Waals surface area contributed by atoms with Gasteiger partial charge in [-0.15, -0.1) is 10.2 Å². The zero-order valence-electron chi connectivity index (χ0n) is 9.91. The number of nitrogens with two attached hydrogens (primary N) is 1. The van der Waals surface area contributed by atoms with Gasteiger partial charge in [-0.05, 0) is 18.8 Å². The zero-order valence-corrected chi connectivity index (χ0v) is 10.7. The number of nitrogens with zero attached hydrogens (tertiary/aromatic N) is 3. The standard InChI is InChI=1S/C10H16N4O3S/c11-9-12-13-10(18-6-8(15)16)14(9)5-7-1-3-17-4-2-7/h7H,1-6H2,(H2,11,12)(H,15,16). The molecule has 1 aromatic heterocycles. The first-order chi connectivity index (χ1) is 8.66. The van der Waals surface area contributed by atoms with Crippen LogP contribution >= 0.6 is 11.8 Å². The Hall–Kier alpha value is -1.28. The van der Waals surface area contributed by atoms with Crippen molar-refractivity contribution in [2.45, 2.75) is 24.5 Å². The topological polar surface area (TPSA) is 103 Å². The molecule has 8 heteroatoms. The SMILES string of the molecule is Nc1nnc(SCC(=O)O)n1CC1CCOCC1. The molecule has 2 rings (SSSR count). The van der Waals surface area contributed by atoms with Gasteiger partial charge in [0.25, 0.3) is 0 Å². The Balaban J connectivity index is 2.01. The summed E-state index contributed by atoms with van der Waals surface area (Å²) in [5.41, 5.74) is 5.76. The fraction of sp³-hybridized carbons (Fsp3) is 0.700. The summed E-state index contributed by atoms with van der Waals surface area (Å²) in [5, 5.41) is 17.0. The lowest BCUT2D eigenvalue weighted by Crippen LogP contribution is -2.21. The number of anilines is 1. The lowest BCUT2D eigenvalue weighted by atomic mass is 10.0. The first-order valence-electron chi connectivity index (χ1n) is 5.78. The molecule has 1 aromatic rings. The molecule has 100 valence electrons. The van der Waals surface area contributed by atoms with Gasteiger partial charge in [0, 0.05) is 19.8 Å². The van der Waals surface area contributed by atoms with Crippen molar-refractivity contribution in [3.63, 3.8) is 0 Å². The number of nitrogen functional groups attached to an aromatic ring is 1. The molecule has 2 heterocycles. The maximum atomic E-state index is 10.6. The van der Waals surface area contributed by atoms with Gasteiger partial charge in [-0.3, -0.25) is 9.36 Å². The van der Waals surface area contributed by atoms with E-state index in [1.165, 1.54) is 0 Å². The normalized spacial score (nSPS) is 16.9. The fourth-order valence-electron chi connectivity index (χ4n) is 1.89. The van der Waals surface area contributed by atoms with Crippen molar-refractivity contribution in [3.05, 3.63) is 0 Å². The van der Waals surface area contributed by atoms with E-state index in [0.717, 1.165) is 44.4 Å². The summed E-state index contributed by atoms with van der Waals surface area (Å²) < 4.78 is 7.10. The molecule has 0 atom stereocenters. The fourth-order valence-corrected chi connectivity index (χ4v) is 2.57. The minimum atomic E-state index is -0.876. The molecule has 0 radical (unpaired) electrons. The Morgan fingerprint density at radius 3 is 2.89 bits per heavy atom. The van der Waals surface area contributed by atoms with E-state index in [1.54, 1.807) is 4.57 Å². The van der Waals surface area contributed by atoms with Crippen LogP contribution in [0.3, 0.4) is 0 Å². The predicted octanol–water partition coefficient (Wildman–Crippen LogP) is 0.464. The zero-order chi connectivity index (χ0) is 13.0. The van der Waals surface area contributed by atoms with E-state index in [2.05, 4.69) is 10.2 Å². The van der Waals surface area contributed by atoms with Gasteiger partial charge in [-0.2, -0.15) is 0 Å². The van der Waals surface area contributed by atoms with Crippen molar-refractivity contribution in [3.8, 4) is 0 Å². The van der Waals surface area contributed by atoms with E-state index in [4.69, 9.17) is 15.6 Å². The number of aliphatic carboxylic acids is 1. The summed E-state index contributed by atoms with van der Waals surface area (Å²) in [6.45, 7) is 2.26. The van der Waals surface area contributed by atoms with Crippen LogP contribution in [0.4, 0.5) is 5.95 Å². The third-order valence-electron chi connectivity index (χ3n) is 2.85. The summed E-state index contributed by atoms with van der Waals surface area (Å²) in [5.74, 6) is -0.0823. The molecule has 0 amide bonds. The quantitative estimate of drug-likeness (QED) is 0.750. The van der Waals surface area contributed by atoms with Crippen molar-refractivity contribution in [1.82, 2.24) is 14.8 Å². The van der Waals surface area contributed by atoms with Gasteiger partial charge in [0.2, 0.25) is 5.95 Å². The van der Waals surface area contributed by atoms with E-state index >= 15 is 0 Å². The van der Waals surface area contributed by atoms with Crippen LogP contribution in [0.2, 0.25) is 0 Å². The number of carbonyl (C=O) groups is 1. The van der Waals surface area contributed by atoms with Gasteiger partial charge in [-0.25, -0.2) is 0 Å². The van der Waals surface area contributed by atoms with E-state index in [-0.39, 0.29) is 5.75 Å². The highest BCUT2D eigenvalue weighted by Crippen LogP contribution is 2.23. The molecule has 1 saturated heterocycles. The molecule has 18 heavy (non-hydrogen) atoms. The Bertz CT molecular complexity index is 417. The third kappa shape index (κ3) is 3.36. The molecule has 0 aliphatic carbocycles. The Morgan fingerprint density at radius 1 is 1.50 bits per heavy atom. The van der Waals surface area contributed by atoms with Crippen molar-refractivity contribution in [1.29, 1.82) is 0 Å². The number of aromatic nitrogens is 3. The minimum Gasteiger partial charge on any atom is -0.481 e. The number of thioether (sulfide) groups is 1.